The number of carboxylic acids is 1. The van der Waals surface area contributed by atoms with Gasteiger partial charge < -0.3 is 5.11 Å². The Kier molecular flexibility index (Phi) is 4.25. The van der Waals surface area contributed by atoms with Crippen LogP contribution in [0.5, 0.6) is 0 Å². The average molecular weight is 195 g/mol. The molecule has 0 bridgehead atoms. The minimum Gasteiger partial charge on any atom is -0.481 e. The lowest BCUT2D eigenvalue weighted by Crippen LogP contribution is -2.22. The molecule has 0 rings (SSSR count). The van der Waals surface area contributed by atoms with Crippen molar-refractivity contribution < 1.29 is 23.1 Å². The lowest BCUT2D eigenvalue weighted by molar-refractivity contribution is -0.164. The van der Waals surface area contributed by atoms with E-state index in [-0.39, 0.29) is 12.8 Å². The number of carboxylic acid groups (broad SMARTS) is 1. The molecular formula is C7H8F3NO2. The minimum atomic E-state index is -4.49. The van der Waals surface area contributed by atoms with Gasteiger partial charge in [-0.2, -0.15) is 18.4 Å². The number of nitrogens with zero attached hydrogens (tertiary/aromatic N) is 1. The third-order valence-corrected chi connectivity index (χ3v) is 1.43. The highest BCUT2D eigenvalue weighted by Gasteiger charge is 2.34. The zero-order valence-electron chi connectivity index (χ0n) is 6.64. The van der Waals surface area contributed by atoms with Crippen LogP contribution in [0.2, 0.25) is 0 Å². The second-order valence-corrected chi connectivity index (χ2v) is 2.55. The topological polar surface area (TPSA) is 61.1 Å². The predicted molar refractivity (Wildman–Crippen MR) is 36.6 cm³/mol. The van der Waals surface area contributed by atoms with Gasteiger partial charge in [0.05, 0.1) is 18.4 Å². The first-order valence-corrected chi connectivity index (χ1v) is 3.53. The summed E-state index contributed by atoms with van der Waals surface area (Å²) in [6.45, 7) is 0. The van der Waals surface area contributed by atoms with Gasteiger partial charge in [0.2, 0.25) is 0 Å². The molecule has 13 heavy (non-hydrogen) atoms. The molecule has 0 unspecified atom stereocenters. The molecular weight excluding hydrogens is 187 g/mol. The first-order chi connectivity index (χ1) is 5.87. The van der Waals surface area contributed by atoms with E-state index in [0.29, 0.717) is 0 Å². The predicted octanol–water partition coefficient (Wildman–Crippen LogP) is 1.94. The van der Waals surface area contributed by atoms with Crippen molar-refractivity contribution in [3.63, 3.8) is 0 Å². The molecule has 74 valence electrons. The Hall–Kier alpha value is -1.25. The van der Waals surface area contributed by atoms with Crippen molar-refractivity contribution in [3.8, 4) is 6.07 Å². The molecule has 0 radical (unpaired) electrons. The highest BCUT2D eigenvalue weighted by atomic mass is 19.4. The third-order valence-electron chi connectivity index (χ3n) is 1.43. The van der Waals surface area contributed by atoms with Crippen molar-refractivity contribution in [1.29, 1.82) is 5.26 Å². The maximum absolute atomic E-state index is 11.7. The van der Waals surface area contributed by atoms with Gasteiger partial charge in [0.25, 0.3) is 0 Å². The Morgan fingerprint density at radius 3 is 2.38 bits per heavy atom. The SMILES string of the molecule is N#CCC[C@H](CC(F)(F)F)C(=O)O. The molecule has 0 saturated heterocycles. The van der Waals surface area contributed by atoms with Gasteiger partial charge in [0, 0.05) is 6.42 Å². The molecule has 6 heteroatoms. The van der Waals surface area contributed by atoms with E-state index in [1.807, 2.05) is 0 Å². The van der Waals surface area contributed by atoms with Gasteiger partial charge in [-0.15, -0.1) is 0 Å². The summed E-state index contributed by atoms with van der Waals surface area (Å²) in [5.74, 6) is -3.01. The first kappa shape index (κ1) is 11.8. The van der Waals surface area contributed by atoms with Crippen LogP contribution in [-0.4, -0.2) is 17.3 Å². The number of hydrogen-bond acceptors (Lipinski definition) is 2. The van der Waals surface area contributed by atoms with Crippen LogP contribution in [-0.2, 0) is 4.79 Å². The average Bonchev–Trinajstić information content (AvgIpc) is 1.95. The van der Waals surface area contributed by atoms with Crippen molar-refractivity contribution in [3.05, 3.63) is 0 Å². The standard InChI is InChI=1S/C7H8F3NO2/c8-7(9,10)4-5(6(12)13)2-1-3-11/h5H,1-2,4H2,(H,12,13)/t5-/m1/s1. The van der Waals surface area contributed by atoms with E-state index in [1.54, 1.807) is 6.07 Å². The molecule has 0 aliphatic carbocycles. The van der Waals surface area contributed by atoms with E-state index in [1.165, 1.54) is 0 Å². The third kappa shape index (κ3) is 5.96. The maximum Gasteiger partial charge on any atom is 0.389 e. The van der Waals surface area contributed by atoms with Crippen LogP contribution >= 0.6 is 0 Å². The number of alkyl halides is 3. The second kappa shape index (κ2) is 4.70. The van der Waals surface area contributed by atoms with E-state index in [2.05, 4.69) is 0 Å². The molecule has 1 atom stereocenters. The molecule has 0 amide bonds. The van der Waals surface area contributed by atoms with Gasteiger partial charge in [-0.05, 0) is 6.42 Å². The number of rotatable bonds is 4. The Morgan fingerprint density at radius 2 is 2.08 bits per heavy atom. The number of halogens is 3. The zero-order chi connectivity index (χ0) is 10.5. The molecule has 0 heterocycles. The molecule has 0 aromatic carbocycles. The molecule has 0 aromatic heterocycles. The second-order valence-electron chi connectivity index (χ2n) is 2.55. The van der Waals surface area contributed by atoms with Crippen molar-refractivity contribution >= 4 is 5.97 Å². The Bertz CT molecular complexity index is 219. The summed E-state index contributed by atoms with van der Waals surface area (Å²) in [7, 11) is 0. The monoisotopic (exact) mass is 195 g/mol. The number of nitriles is 1. The fraction of sp³-hybridized carbons (Fsp3) is 0.714. The zero-order valence-corrected chi connectivity index (χ0v) is 6.64. The summed E-state index contributed by atoms with van der Waals surface area (Å²) < 4.78 is 35.2. The van der Waals surface area contributed by atoms with E-state index >= 15 is 0 Å². The first-order valence-electron chi connectivity index (χ1n) is 3.53. The minimum absolute atomic E-state index is 0.174. The Morgan fingerprint density at radius 1 is 1.54 bits per heavy atom. The van der Waals surface area contributed by atoms with Crippen LogP contribution in [0.15, 0.2) is 0 Å². The van der Waals surface area contributed by atoms with E-state index in [0.717, 1.165) is 0 Å². The van der Waals surface area contributed by atoms with Gasteiger partial charge >= 0.3 is 12.1 Å². The van der Waals surface area contributed by atoms with Crippen LogP contribution in [0, 0.1) is 17.2 Å². The van der Waals surface area contributed by atoms with Crippen LogP contribution in [0.3, 0.4) is 0 Å². The summed E-state index contributed by atoms with van der Waals surface area (Å²) in [5.41, 5.74) is 0. The van der Waals surface area contributed by atoms with Gasteiger partial charge in [-0.1, -0.05) is 0 Å². The quantitative estimate of drug-likeness (QED) is 0.745. The van der Waals surface area contributed by atoms with Crippen molar-refractivity contribution in [2.24, 2.45) is 5.92 Å². The molecule has 0 fully saturated rings. The van der Waals surface area contributed by atoms with Gasteiger partial charge in [0.15, 0.2) is 0 Å². The lowest BCUT2D eigenvalue weighted by atomic mass is 10.00. The summed E-state index contributed by atoms with van der Waals surface area (Å²) in [4.78, 5) is 10.3. The van der Waals surface area contributed by atoms with Gasteiger partial charge in [-0.25, -0.2) is 0 Å². The largest absolute Gasteiger partial charge is 0.481 e. The molecule has 1 N–H and O–H groups in total. The number of hydrogen-bond donors (Lipinski definition) is 1. The fourth-order valence-electron chi connectivity index (χ4n) is 0.831. The van der Waals surface area contributed by atoms with Crippen molar-refractivity contribution in [2.45, 2.75) is 25.4 Å². The van der Waals surface area contributed by atoms with Gasteiger partial charge in [-0.3, -0.25) is 4.79 Å². The number of aliphatic carboxylic acids is 1. The Labute approximate surface area is 72.8 Å². The molecule has 0 aromatic rings. The highest BCUT2D eigenvalue weighted by Crippen LogP contribution is 2.27. The van der Waals surface area contributed by atoms with Crippen molar-refractivity contribution in [1.82, 2.24) is 0 Å². The molecule has 0 aliphatic rings. The van der Waals surface area contributed by atoms with Crippen LogP contribution in [0.4, 0.5) is 13.2 Å². The molecule has 3 nitrogen and oxygen atoms in total. The van der Waals surface area contributed by atoms with Crippen LogP contribution in [0.1, 0.15) is 19.3 Å². The summed E-state index contributed by atoms with van der Waals surface area (Å²) in [6.07, 6.45) is -6.29. The van der Waals surface area contributed by atoms with E-state index in [4.69, 9.17) is 10.4 Å². The summed E-state index contributed by atoms with van der Waals surface area (Å²) in [6, 6.07) is 1.61. The van der Waals surface area contributed by atoms with E-state index < -0.39 is 24.5 Å². The maximum atomic E-state index is 11.7. The molecule has 0 saturated carbocycles. The van der Waals surface area contributed by atoms with E-state index in [9.17, 15) is 18.0 Å². The van der Waals surface area contributed by atoms with Crippen molar-refractivity contribution in [2.75, 3.05) is 0 Å². The number of carbonyl (C=O) groups is 1. The Balaban J connectivity index is 4.12. The summed E-state index contributed by atoms with van der Waals surface area (Å²) >= 11 is 0. The molecule has 0 aliphatic heterocycles. The van der Waals surface area contributed by atoms with Gasteiger partial charge in [0.1, 0.15) is 0 Å². The smallest absolute Gasteiger partial charge is 0.389 e. The van der Waals surface area contributed by atoms with Crippen LogP contribution in [0.25, 0.3) is 0 Å². The molecule has 0 spiro atoms. The normalized spacial score (nSPS) is 13.4. The highest BCUT2D eigenvalue weighted by molar-refractivity contribution is 5.70. The van der Waals surface area contributed by atoms with Crippen LogP contribution < -0.4 is 0 Å². The lowest BCUT2D eigenvalue weighted by Gasteiger charge is -2.12. The fourth-order valence-corrected chi connectivity index (χ4v) is 0.831. The summed E-state index contributed by atoms with van der Waals surface area (Å²) in [5, 5.41) is 16.4.